The molecule has 1 heterocycles. The van der Waals surface area contributed by atoms with Crippen molar-refractivity contribution in [2.45, 2.75) is 20.3 Å². The number of rotatable bonds is 0. The molecule has 54 valence electrons. The maximum Gasteiger partial charge on any atom is 0.000419 e. The van der Waals surface area contributed by atoms with Gasteiger partial charge in [0.2, 0.25) is 0 Å². The van der Waals surface area contributed by atoms with Gasteiger partial charge in [-0.25, -0.2) is 0 Å². The monoisotopic (exact) mass is 127 g/mol. The van der Waals surface area contributed by atoms with Crippen LogP contribution < -0.4 is 0 Å². The van der Waals surface area contributed by atoms with E-state index in [0.29, 0.717) is 0 Å². The van der Waals surface area contributed by atoms with Crippen LogP contribution in [0.2, 0.25) is 0 Å². The van der Waals surface area contributed by atoms with Crippen molar-refractivity contribution in [3.63, 3.8) is 0 Å². The Labute approximate surface area is 58.0 Å². The molecule has 0 aromatic carbocycles. The molecule has 1 aliphatic heterocycles. The second-order valence-corrected chi connectivity index (χ2v) is 3.67. The normalized spacial score (nSPS) is 39.0. The van der Waals surface area contributed by atoms with Crippen LogP contribution in [0.3, 0.4) is 0 Å². The van der Waals surface area contributed by atoms with Crippen molar-refractivity contribution in [2.75, 3.05) is 20.1 Å². The molecule has 0 saturated carbocycles. The molecule has 1 aliphatic rings. The fourth-order valence-electron chi connectivity index (χ4n) is 1.97. The lowest BCUT2D eigenvalue weighted by Gasteiger charge is -2.31. The lowest BCUT2D eigenvalue weighted by Crippen LogP contribution is -2.35. The zero-order valence-corrected chi connectivity index (χ0v) is 6.72. The summed E-state index contributed by atoms with van der Waals surface area (Å²) in [4.78, 5) is 2.43. The largest absolute Gasteiger partial charge is 0.306 e. The van der Waals surface area contributed by atoms with Crippen molar-refractivity contribution in [3.8, 4) is 0 Å². The van der Waals surface area contributed by atoms with Gasteiger partial charge in [0.1, 0.15) is 0 Å². The van der Waals surface area contributed by atoms with Gasteiger partial charge in [-0.05, 0) is 25.3 Å². The molecule has 2 unspecified atom stereocenters. The minimum Gasteiger partial charge on any atom is -0.306 e. The van der Waals surface area contributed by atoms with Crippen LogP contribution in [-0.2, 0) is 0 Å². The molecule has 1 fully saturated rings. The molecule has 0 bridgehead atoms. The van der Waals surface area contributed by atoms with E-state index in [1.165, 1.54) is 19.5 Å². The highest BCUT2D eigenvalue weighted by molar-refractivity contribution is 4.71. The van der Waals surface area contributed by atoms with Gasteiger partial charge < -0.3 is 4.90 Å². The molecule has 2 atom stereocenters. The van der Waals surface area contributed by atoms with Crippen LogP contribution in [0, 0.1) is 11.8 Å². The first-order chi connectivity index (χ1) is 4.18. The van der Waals surface area contributed by atoms with E-state index in [-0.39, 0.29) is 0 Å². The standard InChI is InChI=1S/C8H17N/c1-7-4-8(2)6-9(3)5-7/h7-8H,4-6H2,1-3H3. The van der Waals surface area contributed by atoms with E-state index in [1.807, 2.05) is 0 Å². The fourth-order valence-corrected chi connectivity index (χ4v) is 1.97. The third-order valence-corrected chi connectivity index (χ3v) is 2.05. The number of piperidine rings is 1. The summed E-state index contributed by atoms with van der Waals surface area (Å²) in [7, 11) is 2.21. The van der Waals surface area contributed by atoms with Gasteiger partial charge in [0.05, 0.1) is 0 Å². The minimum atomic E-state index is 0.916. The zero-order valence-electron chi connectivity index (χ0n) is 6.72. The topological polar surface area (TPSA) is 3.24 Å². The second kappa shape index (κ2) is 2.70. The Kier molecular flexibility index (Phi) is 2.12. The highest BCUT2D eigenvalue weighted by Crippen LogP contribution is 2.18. The van der Waals surface area contributed by atoms with Gasteiger partial charge in [0.15, 0.2) is 0 Å². The van der Waals surface area contributed by atoms with Crippen LogP contribution in [0.1, 0.15) is 20.3 Å². The van der Waals surface area contributed by atoms with Gasteiger partial charge in [-0.15, -0.1) is 0 Å². The summed E-state index contributed by atoms with van der Waals surface area (Å²) in [5, 5.41) is 0. The molecule has 0 spiro atoms. The number of nitrogens with zero attached hydrogens (tertiary/aromatic N) is 1. The highest BCUT2D eigenvalue weighted by Gasteiger charge is 2.17. The minimum absolute atomic E-state index is 0.916. The van der Waals surface area contributed by atoms with E-state index >= 15 is 0 Å². The summed E-state index contributed by atoms with van der Waals surface area (Å²) < 4.78 is 0. The van der Waals surface area contributed by atoms with E-state index in [2.05, 4.69) is 25.8 Å². The molecule has 1 heteroatoms. The Morgan fingerprint density at radius 3 is 1.89 bits per heavy atom. The number of hydrogen-bond donors (Lipinski definition) is 0. The van der Waals surface area contributed by atoms with Crippen LogP contribution >= 0.6 is 0 Å². The SMILES string of the molecule is CC1CC(C)CN(C)C1. The Hall–Kier alpha value is -0.0400. The molecule has 0 aromatic rings. The molecule has 1 nitrogen and oxygen atoms in total. The van der Waals surface area contributed by atoms with Gasteiger partial charge in [-0.3, -0.25) is 0 Å². The highest BCUT2D eigenvalue weighted by atomic mass is 15.1. The Morgan fingerprint density at radius 2 is 1.56 bits per heavy atom. The van der Waals surface area contributed by atoms with E-state index in [9.17, 15) is 0 Å². The summed E-state index contributed by atoms with van der Waals surface area (Å²) in [5.41, 5.74) is 0. The molecule has 0 N–H and O–H groups in total. The van der Waals surface area contributed by atoms with Crippen LogP contribution in [0.15, 0.2) is 0 Å². The maximum atomic E-state index is 2.43. The van der Waals surface area contributed by atoms with E-state index in [1.54, 1.807) is 0 Å². The first-order valence-corrected chi connectivity index (χ1v) is 3.87. The third kappa shape index (κ3) is 1.98. The molecule has 9 heavy (non-hydrogen) atoms. The summed E-state index contributed by atoms with van der Waals surface area (Å²) in [6.07, 6.45) is 1.42. The summed E-state index contributed by atoms with van der Waals surface area (Å²) in [6.45, 7) is 7.27. The molecule has 1 saturated heterocycles. The van der Waals surface area contributed by atoms with Gasteiger partial charge in [0.25, 0.3) is 0 Å². The smallest absolute Gasteiger partial charge is 0.000419 e. The van der Waals surface area contributed by atoms with Crippen molar-refractivity contribution in [1.29, 1.82) is 0 Å². The van der Waals surface area contributed by atoms with E-state index in [0.717, 1.165) is 11.8 Å². The predicted molar refractivity (Wildman–Crippen MR) is 40.4 cm³/mol. The molecule has 1 rings (SSSR count). The molecule has 0 radical (unpaired) electrons. The van der Waals surface area contributed by atoms with Crippen LogP contribution in [0.5, 0.6) is 0 Å². The van der Waals surface area contributed by atoms with Crippen molar-refractivity contribution in [1.82, 2.24) is 4.90 Å². The lowest BCUT2D eigenvalue weighted by molar-refractivity contribution is 0.171. The summed E-state index contributed by atoms with van der Waals surface area (Å²) in [6, 6.07) is 0. The summed E-state index contributed by atoms with van der Waals surface area (Å²) >= 11 is 0. The van der Waals surface area contributed by atoms with Crippen molar-refractivity contribution in [3.05, 3.63) is 0 Å². The number of likely N-dealkylation sites (tertiary alicyclic amines) is 1. The first kappa shape index (κ1) is 7.07. The Morgan fingerprint density at radius 1 is 1.11 bits per heavy atom. The van der Waals surface area contributed by atoms with Gasteiger partial charge in [0, 0.05) is 13.1 Å². The van der Waals surface area contributed by atoms with Gasteiger partial charge >= 0.3 is 0 Å². The molecular weight excluding hydrogens is 110 g/mol. The molecule has 0 aromatic heterocycles. The average Bonchev–Trinajstić information content (AvgIpc) is 1.59. The predicted octanol–water partition coefficient (Wildman–Crippen LogP) is 1.59. The quantitative estimate of drug-likeness (QED) is 0.477. The van der Waals surface area contributed by atoms with Gasteiger partial charge in [-0.2, -0.15) is 0 Å². The van der Waals surface area contributed by atoms with Crippen LogP contribution in [0.25, 0.3) is 0 Å². The summed E-state index contributed by atoms with van der Waals surface area (Å²) in [5.74, 6) is 1.83. The Bertz CT molecular complexity index is 65.5. The van der Waals surface area contributed by atoms with E-state index in [4.69, 9.17) is 0 Å². The van der Waals surface area contributed by atoms with Crippen molar-refractivity contribution < 1.29 is 0 Å². The Balaban J connectivity index is 2.34. The van der Waals surface area contributed by atoms with Gasteiger partial charge in [-0.1, -0.05) is 13.8 Å². The molecule has 0 amide bonds. The molecular formula is C8H17N. The van der Waals surface area contributed by atoms with Crippen molar-refractivity contribution >= 4 is 0 Å². The van der Waals surface area contributed by atoms with E-state index < -0.39 is 0 Å². The third-order valence-electron chi connectivity index (χ3n) is 2.05. The lowest BCUT2D eigenvalue weighted by atomic mass is 9.92. The zero-order chi connectivity index (χ0) is 6.85. The average molecular weight is 127 g/mol. The van der Waals surface area contributed by atoms with Crippen LogP contribution in [0.4, 0.5) is 0 Å². The van der Waals surface area contributed by atoms with Crippen molar-refractivity contribution in [2.24, 2.45) is 11.8 Å². The van der Waals surface area contributed by atoms with Crippen LogP contribution in [-0.4, -0.2) is 25.0 Å². The number of hydrogen-bond acceptors (Lipinski definition) is 1. The fraction of sp³-hybridized carbons (Fsp3) is 1.00. The maximum absolute atomic E-state index is 2.43. The molecule has 0 aliphatic carbocycles. The second-order valence-electron chi connectivity index (χ2n) is 3.67. The first-order valence-electron chi connectivity index (χ1n) is 3.87.